The van der Waals surface area contributed by atoms with Crippen molar-refractivity contribution in [2.24, 2.45) is 0 Å². The zero-order valence-corrected chi connectivity index (χ0v) is 17.4. The van der Waals surface area contributed by atoms with Gasteiger partial charge in [-0.15, -0.1) is 0 Å². The lowest BCUT2D eigenvalue weighted by molar-refractivity contribution is -0.152. The molecule has 0 spiro atoms. The topological polar surface area (TPSA) is 48.0 Å². The van der Waals surface area contributed by atoms with Gasteiger partial charge in [0.2, 0.25) is 0 Å². The van der Waals surface area contributed by atoms with Crippen molar-refractivity contribution >= 4 is 23.3 Å². The van der Waals surface area contributed by atoms with Crippen LogP contribution in [-0.4, -0.2) is 32.4 Å². The number of anilines is 3. The molecule has 0 aliphatic rings. The summed E-state index contributed by atoms with van der Waals surface area (Å²) in [6.07, 6.45) is 0.313. The Bertz CT molecular complexity index is 869. The predicted molar refractivity (Wildman–Crippen MR) is 119 cm³/mol. The first kappa shape index (κ1) is 21.6. The molecule has 0 aliphatic carbocycles. The fourth-order valence-corrected chi connectivity index (χ4v) is 3.16. The van der Waals surface area contributed by atoms with E-state index in [9.17, 15) is 4.79 Å². The summed E-state index contributed by atoms with van der Waals surface area (Å²) < 4.78 is 17.0. The molecule has 156 valence electrons. The van der Waals surface area contributed by atoms with Gasteiger partial charge in [0, 0.05) is 36.3 Å². The molecule has 0 N–H and O–H groups in total. The smallest absolute Gasteiger partial charge is 0.191 e. The highest BCUT2D eigenvalue weighted by atomic mass is 16.7. The van der Waals surface area contributed by atoms with E-state index < -0.39 is 6.29 Å². The Morgan fingerprint density at radius 1 is 0.800 bits per heavy atom. The van der Waals surface area contributed by atoms with E-state index in [2.05, 4.69) is 4.90 Å². The van der Waals surface area contributed by atoms with Gasteiger partial charge in [-0.2, -0.15) is 0 Å². The van der Waals surface area contributed by atoms with Crippen molar-refractivity contribution in [3.8, 4) is 5.75 Å². The van der Waals surface area contributed by atoms with Crippen molar-refractivity contribution in [3.05, 3.63) is 84.4 Å². The van der Waals surface area contributed by atoms with E-state index >= 15 is 0 Å². The van der Waals surface area contributed by atoms with Crippen LogP contribution in [0.2, 0.25) is 0 Å². The Balaban J connectivity index is 1.95. The van der Waals surface area contributed by atoms with Crippen molar-refractivity contribution in [1.82, 2.24) is 0 Å². The minimum absolute atomic E-state index is 0.197. The van der Waals surface area contributed by atoms with Gasteiger partial charge in [-0.25, -0.2) is 0 Å². The molecule has 0 radical (unpaired) electrons. The van der Waals surface area contributed by atoms with Gasteiger partial charge in [0.15, 0.2) is 12.6 Å². The third kappa shape index (κ3) is 5.47. The Morgan fingerprint density at radius 2 is 1.37 bits per heavy atom. The molecular weight excluding hydrogens is 378 g/mol. The summed E-state index contributed by atoms with van der Waals surface area (Å²) in [5.74, 6) is 0.490. The number of hydrogen-bond acceptors (Lipinski definition) is 5. The molecule has 0 heterocycles. The molecule has 5 heteroatoms. The van der Waals surface area contributed by atoms with Crippen molar-refractivity contribution in [2.75, 3.05) is 24.7 Å². The van der Waals surface area contributed by atoms with Crippen LogP contribution in [0.3, 0.4) is 0 Å². The minimum atomic E-state index is -0.484. The number of carbonyl (C=O) groups excluding carboxylic acids is 1. The van der Waals surface area contributed by atoms with E-state index in [1.165, 1.54) is 0 Å². The monoisotopic (exact) mass is 405 g/mol. The summed E-state index contributed by atoms with van der Waals surface area (Å²) in [5, 5.41) is 0. The number of para-hydroxylation sites is 2. The third-order valence-electron chi connectivity index (χ3n) is 4.49. The lowest BCUT2D eigenvalue weighted by atomic mass is 10.1. The average molecular weight is 405 g/mol. The van der Waals surface area contributed by atoms with Crippen molar-refractivity contribution in [1.29, 1.82) is 0 Å². The quantitative estimate of drug-likeness (QED) is 0.300. The normalized spacial score (nSPS) is 10.8. The van der Waals surface area contributed by atoms with Crippen molar-refractivity contribution in [2.45, 2.75) is 20.1 Å². The minimum Gasteiger partial charge on any atom is -0.487 e. The number of ether oxygens (including phenoxy) is 3. The third-order valence-corrected chi connectivity index (χ3v) is 4.49. The Labute approximate surface area is 177 Å². The maximum atomic E-state index is 11.6. The molecule has 0 aliphatic heterocycles. The first-order valence-electron chi connectivity index (χ1n) is 10.1. The first-order chi connectivity index (χ1) is 14.8. The van der Waals surface area contributed by atoms with Crippen LogP contribution in [0.25, 0.3) is 0 Å². The van der Waals surface area contributed by atoms with Crippen LogP contribution in [0.1, 0.15) is 24.2 Å². The van der Waals surface area contributed by atoms with Gasteiger partial charge < -0.3 is 19.1 Å². The Morgan fingerprint density at radius 3 is 1.87 bits per heavy atom. The van der Waals surface area contributed by atoms with Crippen LogP contribution in [0.4, 0.5) is 17.1 Å². The Kier molecular flexibility index (Phi) is 8.01. The highest BCUT2D eigenvalue weighted by molar-refractivity contribution is 5.84. The number of hydrogen-bond donors (Lipinski definition) is 0. The summed E-state index contributed by atoms with van der Waals surface area (Å²) in [5.41, 5.74) is 3.38. The Hall–Kier alpha value is -3.15. The van der Waals surface area contributed by atoms with Gasteiger partial charge in [-0.05, 0) is 50.2 Å². The SMILES string of the molecule is CCOC(COc1cc(N(c2ccccc2)c2ccccc2)ccc1C=O)OCC. The van der Waals surface area contributed by atoms with Crippen LogP contribution in [0.5, 0.6) is 5.75 Å². The second-order valence-electron chi connectivity index (χ2n) is 6.50. The van der Waals surface area contributed by atoms with Crippen LogP contribution < -0.4 is 9.64 Å². The zero-order chi connectivity index (χ0) is 21.2. The highest BCUT2D eigenvalue weighted by Crippen LogP contribution is 2.36. The summed E-state index contributed by atoms with van der Waals surface area (Å²) in [7, 11) is 0. The summed E-state index contributed by atoms with van der Waals surface area (Å²) in [4.78, 5) is 13.7. The number of aldehydes is 1. The van der Waals surface area contributed by atoms with E-state index in [1.807, 2.05) is 86.6 Å². The zero-order valence-electron chi connectivity index (χ0n) is 17.4. The molecule has 0 bridgehead atoms. The molecule has 0 unspecified atom stereocenters. The van der Waals surface area contributed by atoms with Gasteiger partial charge in [0.25, 0.3) is 0 Å². The van der Waals surface area contributed by atoms with E-state index in [1.54, 1.807) is 6.07 Å². The molecule has 0 amide bonds. The molecule has 3 aromatic rings. The maximum Gasteiger partial charge on any atom is 0.191 e. The first-order valence-corrected chi connectivity index (χ1v) is 10.1. The highest BCUT2D eigenvalue weighted by Gasteiger charge is 2.16. The van der Waals surface area contributed by atoms with E-state index in [0.29, 0.717) is 24.5 Å². The number of benzene rings is 3. The van der Waals surface area contributed by atoms with Gasteiger partial charge in [-0.3, -0.25) is 4.79 Å². The van der Waals surface area contributed by atoms with Crippen LogP contribution in [0.15, 0.2) is 78.9 Å². The summed E-state index contributed by atoms with van der Waals surface area (Å²) in [6.45, 7) is 5.04. The second-order valence-corrected chi connectivity index (χ2v) is 6.50. The van der Waals surface area contributed by atoms with Crippen LogP contribution in [-0.2, 0) is 9.47 Å². The number of nitrogens with zero attached hydrogens (tertiary/aromatic N) is 1. The van der Waals surface area contributed by atoms with E-state index in [4.69, 9.17) is 14.2 Å². The van der Waals surface area contributed by atoms with Crippen LogP contribution >= 0.6 is 0 Å². The molecule has 30 heavy (non-hydrogen) atoms. The van der Waals surface area contributed by atoms with E-state index in [0.717, 1.165) is 23.3 Å². The van der Waals surface area contributed by atoms with Crippen molar-refractivity contribution in [3.63, 3.8) is 0 Å². The maximum absolute atomic E-state index is 11.6. The summed E-state index contributed by atoms with van der Waals surface area (Å²) in [6, 6.07) is 25.7. The molecule has 5 nitrogen and oxygen atoms in total. The van der Waals surface area contributed by atoms with Gasteiger partial charge in [-0.1, -0.05) is 36.4 Å². The number of carbonyl (C=O) groups is 1. The number of rotatable bonds is 11. The summed E-state index contributed by atoms with van der Waals surface area (Å²) >= 11 is 0. The molecule has 0 saturated heterocycles. The average Bonchev–Trinajstić information content (AvgIpc) is 2.79. The predicted octanol–water partition coefficient (Wildman–Crippen LogP) is 5.75. The fraction of sp³-hybridized carbons (Fsp3) is 0.240. The van der Waals surface area contributed by atoms with Crippen molar-refractivity contribution < 1.29 is 19.0 Å². The van der Waals surface area contributed by atoms with Crippen LogP contribution in [0, 0.1) is 0 Å². The van der Waals surface area contributed by atoms with Gasteiger partial charge in [0.1, 0.15) is 12.4 Å². The molecule has 3 aromatic carbocycles. The molecule has 0 saturated carbocycles. The second kappa shape index (κ2) is 11.1. The van der Waals surface area contributed by atoms with Gasteiger partial charge >= 0.3 is 0 Å². The standard InChI is InChI=1S/C25H27NO4/c1-3-28-25(29-4-2)19-30-24-17-23(16-15-20(24)18-27)26(21-11-7-5-8-12-21)22-13-9-6-10-14-22/h5-18,25H,3-4,19H2,1-2H3. The molecule has 0 fully saturated rings. The lowest BCUT2D eigenvalue weighted by Crippen LogP contribution is -2.25. The molecule has 3 rings (SSSR count). The fourth-order valence-electron chi connectivity index (χ4n) is 3.16. The van der Waals surface area contributed by atoms with E-state index in [-0.39, 0.29) is 6.61 Å². The van der Waals surface area contributed by atoms with Gasteiger partial charge in [0.05, 0.1) is 5.56 Å². The molecule has 0 atom stereocenters. The lowest BCUT2D eigenvalue weighted by Gasteiger charge is -2.26. The largest absolute Gasteiger partial charge is 0.487 e. The molecular formula is C25H27NO4. The molecule has 0 aromatic heterocycles.